The van der Waals surface area contributed by atoms with Gasteiger partial charge >= 0.3 is 0 Å². The number of benzene rings is 2. The molecule has 1 aliphatic heterocycles. The first-order chi connectivity index (χ1) is 10.3. The molecule has 0 saturated carbocycles. The minimum Gasteiger partial charge on any atom is -0.299 e. The Bertz CT molecular complexity index is 649. The van der Waals surface area contributed by atoms with Gasteiger partial charge in [-0.15, -0.1) is 0 Å². The number of hydrogen-bond donors (Lipinski definition) is 0. The molecule has 2 aromatic rings. The minimum atomic E-state index is -0.151. The molecule has 0 bridgehead atoms. The van der Waals surface area contributed by atoms with Crippen molar-refractivity contribution in [3.63, 3.8) is 0 Å². The molecule has 4 rings (SSSR count). The fraction of sp³-hybridized carbons (Fsp3) is 0.368. The molecular formula is C19H20FN. The highest BCUT2D eigenvalue weighted by molar-refractivity contribution is 5.46. The summed E-state index contributed by atoms with van der Waals surface area (Å²) in [4.78, 5) is 2.50. The van der Waals surface area contributed by atoms with Crippen LogP contribution in [0.3, 0.4) is 0 Å². The summed E-state index contributed by atoms with van der Waals surface area (Å²) in [7, 11) is 2.24. The van der Waals surface area contributed by atoms with Gasteiger partial charge in [-0.2, -0.15) is 0 Å². The van der Waals surface area contributed by atoms with Gasteiger partial charge in [-0.1, -0.05) is 36.4 Å². The molecule has 0 radical (unpaired) electrons. The van der Waals surface area contributed by atoms with Crippen LogP contribution in [0.4, 0.5) is 4.39 Å². The normalized spacial score (nSPS) is 28.2. The van der Waals surface area contributed by atoms with Crippen LogP contribution in [0.2, 0.25) is 0 Å². The zero-order chi connectivity index (χ0) is 14.4. The highest BCUT2D eigenvalue weighted by Gasteiger charge is 2.44. The van der Waals surface area contributed by atoms with Crippen molar-refractivity contribution < 1.29 is 4.39 Å². The highest BCUT2D eigenvalue weighted by Crippen LogP contribution is 2.54. The molecule has 1 fully saturated rings. The second-order valence-corrected chi connectivity index (χ2v) is 6.39. The summed E-state index contributed by atoms with van der Waals surface area (Å²) < 4.78 is 13.3. The van der Waals surface area contributed by atoms with Crippen molar-refractivity contribution in [3.05, 3.63) is 71.0 Å². The van der Waals surface area contributed by atoms with E-state index in [1.807, 2.05) is 12.1 Å². The summed E-state index contributed by atoms with van der Waals surface area (Å²) in [5, 5.41) is 0. The molecule has 3 atom stereocenters. The molecule has 1 saturated heterocycles. The summed E-state index contributed by atoms with van der Waals surface area (Å²) in [6, 6.07) is 16.5. The lowest BCUT2D eigenvalue weighted by molar-refractivity contribution is 0.127. The van der Waals surface area contributed by atoms with Crippen molar-refractivity contribution in [2.24, 2.45) is 5.92 Å². The average Bonchev–Trinajstić information content (AvgIpc) is 2.84. The van der Waals surface area contributed by atoms with Crippen molar-refractivity contribution in [2.45, 2.75) is 24.8 Å². The Hall–Kier alpha value is -1.67. The Labute approximate surface area is 125 Å². The SMILES string of the molecule is CN1CCC[C@H]2[C@H](c3ccc(F)cc3)c3ccccc3[C@H]21. The highest BCUT2D eigenvalue weighted by atomic mass is 19.1. The second-order valence-electron chi connectivity index (χ2n) is 6.39. The monoisotopic (exact) mass is 281 g/mol. The molecule has 2 aromatic carbocycles. The first-order valence-corrected chi connectivity index (χ1v) is 7.80. The molecular weight excluding hydrogens is 261 g/mol. The smallest absolute Gasteiger partial charge is 0.123 e. The fourth-order valence-electron chi connectivity index (χ4n) is 4.41. The average molecular weight is 281 g/mol. The quantitative estimate of drug-likeness (QED) is 0.751. The van der Waals surface area contributed by atoms with E-state index < -0.39 is 0 Å². The van der Waals surface area contributed by atoms with Crippen molar-refractivity contribution in [1.29, 1.82) is 0 Å². The maximum atomic E-state index is 13.3. The maximum absolute atomic E-state index is 13.3. The van der Waals surface area contributed by atoms with E-state index in [0.29, 0.717) is 17.9 Å². The van der Waals surface area contributed by atoms with Crippen molar-refractivity contribution in [2.75, 3.05) is 13.6 Å². The number of nitrogens with zero attached hydrogens (tertiary/aromatic N) is 1. The number of fused-ring (bicyclic) bond motifs is 3. The summed E-state index contributed by atoms with van der Waals surface area (Å²) in [6.45, 7) is 1.17. The van der Waals surface area contributed by atoms with E-state index in [4.69, 9.17) is 0 Å². The van der Waals surface area contributed by atoms with Crippen LogP contribution in [-0.4, -0.2) is 18.5 Å². The van der Waals surface area contributed by atoms with Gasteiger partial charge in [-0.25, -0.2) is 4.39 Å². The van der Waals surface area contributed by atoms with Crippen LogP contribution < -0.4 is 0 Å². The van der Waals surface area contributed by atoms with Gasteiger partial charge in [0.05, 0.1) is 0 Å². The van der Waals surface area contributed by atoms with E-state index in [1.54, 1.807) is 12.1 Å². The zero-order valence-electron chi connectivity index (χ0n) is 12.3. The first kappa shape index (κ1) is 13.0. The zero-order valence-corrected chi connectivity index (χ0v) is 12.3. The Kier molecular flexibility index (Phi) is 3.07. The third-order valence-corrected chi connectivity index (χ3v) is 5.24. The molecule has 0 spiro atoms. The number of halogens is 1. The molecule has 1 aliphatic carbocycles. The van der Waals surface area contributed by atoms with Gasteiger partial charge in [-0.3, -0.25) is 4.90 Å². The van der Waals surface area contributed by atoms with Gasteiger partial charge in [0.1, 0.15) is 5.82 Å². The van der Waals surface area contributed by atoms with E-state index >= 15 is 0 Å². The molecule has 21 heavy (non-hydrogen) atoms. The Balaban J connectivity index is 1.84. The van der Waals surface area contributed by atoms with Crippen molar-refractivity contribution >= 4 is 0 Å². The van der Waals surface area contributed by atoms with Gasteiger partial charge < -0.3 is 0 Å². The summed E-state index contributed by atoms with van der Waals surface area (Å²) in [5.74, 6) is 0.878. The van der Waals surface area contributed by atoms with Crippen LogP contribution in [0.15, 0.2) is 48.5 Å². The lowest BCUT2D eigenvalue weighted by Crippen LogP contribution is -2.34. The van der Waals surface area contributed by atoms with Crippen molar-refractivity contribution in [1.82, 2.24) is 4.90 Å². The van der Waals surface area contributed by atoms with Crippen LogP contribution >= 0.6 is 0 Å². The molecule has 108 valence electrons. The fourth-order valence-corrected chi connectivity index (χ4v) is 4.41. The van der Waals surface area contributed by atoms with Gasteiger partial charge in [0.25, 0.3) is 0 Å². The topological polar surface area (TPSA) is 3.24 Å². The predicted molar refractivity (Wildman–Crippen MR) is 82.8 cm³/mol. The number of piperidine rings is 1. The molecule has 1 nitrogen and oxygen atoms in total. The van der Waals surface area contributed by atoms with Crippen LogP contribution in [0.1, 0.15) is 41.5 Å². The largest absolute Gasteiger partial charge is 0.299 e. The molecule has 0 amide bonds. The molecule has 0 aromatic heterocycles. The summed E-state index contributed by atoms with van der Waals surface area (Å²) in [6.07, 6.45) is 2.51. The van der Waals surface area contributed by atoms with Crippen LogP contribution in [0, 0.1) is 11.7 Å². The molecule has 0 N–H and O–H groups in total. The van der Waals surface area contributed by atoms with Crippen molar-refractivity contribution in [3.8, 4) is 0 Å². The van der Waals surface area contributed by atoms with Gasteiger partial charge in [-0.05, 0) is 61.2 Å². The second kappa shape index (κ2) is 4.96. The summed E-state index contributed by atoms with van der Waals surface area (Å²) >= 11 is 0. The molecule has 2 aliphatic rings. The van der Waals surface area contributed by atoms with Crippen LogP contribution in [-0.2, 0) is 0 Å². The molecule has 0 unspecified atom stereocenters. The maximum Gasteiger partial charge on any atom is 0.123 e. The minimum absolute atomic E-state index is 0.151. The lowest BCUT2D eigenvalue weighted by atomic mass is 9.80. The lowest BCUT2D eigenvalue weighted by Gasteiger charge is -2.37. The van der Waals surface area contributed by atoms with E-state index in [0.717, 1.165) is 0 Å². The van der Waals surface area contributed by atoms with E-state index in [9.17, 15) is 4.39 Å². The summed E-state index contributed by atoms with van der Waals surface area (Å²) in [5.41, 5.74) is 4.17. The van der Waals surface area contributed by atoms with Crippen LogP contribution in [0.25, 0.3) is 0 Å². The van der Waals surface area contributed by atoms with Gasteiger partial charge in [0.2, 0.25) is 0 Å². The number of hydrogen-bond acceptors (Lipinski definition) is 1. The van der Waals surface area contributed by atoms with E-state index in [1.165, 1.54) is 36.1 Å². The van der Waals surface area contributed by atoms with Crippen LogP contribution in [0.5, 0.6) is 0 Å². The van der Waals surface area contributed by atoms with E-state index in [-0.39, 0.29) is 5.82 Å². The third-order valence-electron chi connectivity index (χ3n) is 5.24. The molecule has 1 heterocycles. The first-order valence-electron chi connectivity index (χ1n) is 7.80. The third kappa shape index (κ3) is 2.01. The Morgan fingerprint density at radius 3 is 2.48 bits per heavy atom. The van der Waals surface area contributed by atoms with Gasteiger partial charge in [0.15, 0.2) is 0 Å². The number of rotatable bonds is 1. The number of likely N-dealkylation sites (tertiary alicyclic amines) is 1. The predicted octanol–water partition coefficient (Wildman–Crippen LogP) is 4.35. The Morgan fingerprint density at radius 1 is 1.00 bits per heavy atom. The molecule has 2 heteroatoms. The van der Waals surface area contributed by atoms with E-state index in [2.05, 4.69) is 36.2 Å². The van der Waals surface area contributed by atoms with Gasteiger partial charge in [0, 0.05) is 12.0 Å². The Morgan fingerprint density at radius 2 is 1.71 bits per heavy atom. The standard InChI is InChI=1S/C19H20FN/c1-21-12-4-7-17-18(13-8-10-14(20)11-9-13)15-5-2-3-6-16(15)19(17)21/h2-3,5-6,8-11,17-19H,4,7,12H2,1H3/t17-,18+,19+/m0/s1.